The predicted octanol–water partition coefficient (Wildman–Crippen LogP) is 3.56. The largest absolute Gasteiger partial charge is 0.497 e. The van der Waals surface area contributed by atoms with E-state index >= 15 is 0 Å². The predicted molar refractivity (Wildman–Crippen MR) is 126 cm³/mol. The lowest BCUT2D eigenvalue weighted by Gasteiger charge is -2.36. The smallest absolute Gasteiger partial charge is 0.257 e. The van der Waals surface area contributed by atoms with Crippen LogP contribution in [0.4, 0.5) is 0 Å². The average Bonchev–Trinajstić information content (AvgIpc) is 3.00. The minimum Gasteiger partial charge on any atom is -0.497 e. The molecule has 1 saturated heterocycles. The molecule has 2 aromatic rings. The summed E-state index contributed by atoms with van der Waals surface area (Å²) in [5.74, 6) is 1.88. The Labute approximate surface area is 195 Å². The van der Waals surface area contributed by atoms with E-state index in [1.165, 1.54) is 0 Å². The molecule has 1 atom stereocenters. The number of hydrogen-bond acceptors (Lipinski definition) is 5. The van der Waals surface area contributed by atoms with E-state index in [2.05, 4.69) is 22.1 Å². The van der Waals surface area contributed by atoms with Gasteiger partial charge in [0.05, 0.1) is 18.4 Å². The molecule has 0 aliphatic carbocycles. The molecule has 1 fully saturated rings. The van der Waals surface area contributed by atoms with E-state index in [1.54, 1.807) is 13.3 Å². The molecule has 0 bridgehead atoms. The summed E-state index contributed by atoms with van der Waals surface area (Å²) in [5.41, 5.74) is 2.34. The molecule has 0 N–H and O–H groups in total. The van der Waals surface area contributed by atoms with Gasteiger partial charge in [-0.25, -0.2) is 9.97 Å². The first-order valence-corrected chi connectivity index (χ1v) is 11.6. The van der Waals surface area contributed by atoms with Crippen molar-refractivity contribution in [1.29, 1.82) is 0 Å². The van der Waals surface area contributed by atoms with Gasteiger partial charge in [-0.05, 0) is 56.7 Å². The van der Waals surface area contributed by atoms with Gasteiger partial charge in [0, 0.05) is 38.3 Å². The van der Waals surface area contributed by atoms with Crippen LogP contribution in [0.1, 0.15) is 46.7 Å². The van der Waals surface area contributed by atoms with Crippen molar-refractivity contribution in [2.24, 2.45) is 11.8 Å². The van der Waals surface area contributed by atoms with Crippen LogP contribution in [0.15, 0.2) is 42.6 Å². The Balaban J connectivity index is 1.40. The fourth-order valence-corrected chi connectivity index (χ4v) is 4.87. The van der Waals surface area contributed by atoms with Gasteiger partial charge in [-0.15, -0.1) is 0 Å². The number of carbonyl (C=O) groups is 2. The van der Waals surface area contributed by atoms with Crippen molar-refractivity contribution in [3.63, 3.8) is 0 Å². The zero-order chi connectivity index (χ0) is 23.4. The minimum absolute atomic E-state index is 0.0160. The molecule has 0 saturated carbocycles. The summed E-state index contributed by atoms with van der Waals surface area (Å²) in [6, 6.07) is 7.88. The van der Waals surface area contributed by atoms with Crippen LogP contribution in [0.3, 0.4) is 0 Å². The van der Waals surface area contributed by atoms with E-state index in [-0.39, 0.29) is 23.7 Å². The molecule has 2 aliphatic rings. The van der Waals surface area contributed by atoms with Crippen molar-refractivity contribution < 1.29 is 14.3 Å². The van der Waals surface area contributed by atoms with E-state index < -0.39 is 0 Å². The van der Waals surface area contributed by atoms with Gasteiger partial charge in [-0.2, -0.15) is 0 Å². The standard InChI is InChI=1S/C26H32N4O3/c1-18-24(16-27-19(2)28-18)26(32)29-13-10-21(11-14-29)23-9-4-5-12-30(25(23)31)17-20-7-6-8-22(15-20)33-3/h4-8,15-16,21,23H,9-14,17H2,1-3H3. The Hall–Kier alpha value is -3.22. The third-order valence-electron chi connectivity index (χ3n) is 6.74. The number of aryl methyl sites for hydroxylation is 2. The zero-order valence-corrected chi connectivity index (χ0v) is 19.7. The first kappa shape index (κ1) is 23.0. The minimum atomic E-state index is -0.0453. The molecule has 174 valence electrons. The molecule has 2 aliphatic heterocycles. The Bertz CT molecular complexity index is 1040. The van der Waals surface area contributed by atoms with Crippen molar-refractivity contribution in [2.75, 3.05) is 26.7 Å². The first-order chi connectivity index (χ1) is 16.0. The highest BCUT2D eigenvalue weighted by Gasteiger charge is 2.35. The van der Waals surface area contributed by atoms with Gasteiger partial charge in [0.1, 0.15) is 11.6 Å². The van der Waals surface area contributed by atoms with E-state index in [9.17, 15) is 9.59 Å². The number of ether oxygens (including phenoxy) is 1. The van der Waals surface area contributed by atoms with E-state index in [4.69, 9.17) is 4.74 Å². The summed E-state index contributed by atoms with van der Waals surface area (Å²) in [7, 11) is 1.65. The molecule has 2 amide bonds. The van der Waals surface area contributed by atoms with E-state index in [0.717, 1.165) is 30.6 Å². The fourth-order valence-electron chi connectivity index (χ4n) is 4.87. The van der Waals surface area contributed by atoms with Crippen LogP contribution in [0.2, 0.25) is 0 Å². The highest BCUT2D eigenvalue weighted by atomic mass is 16.5. The number of benzene rings is 1. The maximum Gasteiger partial charge on any atom is 0.257 e. The number of likely N-dealkylation sites (tertiary alicyclic amines) is 1. The van der Waals surface area contributed by atoms with Crippen LogP contribution >= 0.6 is 0 Å². The SMILES string of the molecule is COc1cccc(CN2CC=CCC(C3CCN(C(=O)c4cnc(C)nc4C)CC3)C2=O)c1. The molecule has 0 radical (unpaired) electrons. The summed E-state index contributed by atoms with van der Waals surface area (Å²) >= 11 is 0. The number of rotatable bonds is 5. The third-order valence-corrected chi connectivity index (χ3v) is 6.74. The van der Waals surface area contributed by atoms with Gasteiger partial charge in [0.25, 0.3) is 5.91 Å². The van der Waals surface area contributed by atoms with Gasteiger partial charge in [0.2, 0.25) is 5.91 Å². The van der Waals surface area contributed by atoms with Crippen LogP contribution in [0, 0.1) is 25.7 Å². The quantitative estimate of drug-likeness (QED) is 0.654. The van der Waals surface area contributed by atoms with Gasteiger partial charge in [0.15, 0.2) is 0 Å². The van der Waals surface area contributed by atoms with Gasteiger partial charge >= 0.3 is 0 Å². The molecule has 7 nitrogen and oxygen atoms in total. The van der Waals surface area contributed by atoms with Crippen molar-refractivity contribution in [2.45, 2.75) is 39.7 Å². The van der Waals surface area contributed by atoms with Gasteiger partial charge < -0.3 is 14.5 Å². The number of aromatic nitrogens is 2. The molecular weight excluding hydrogens is 416 g/mol. The summed E-state index contributed by atoms with van der Waals surface area (Å²) in [5, 5.41) is 0. The first-order valence-electron chi connectivity index (χ1n) is 11.6. The summed E-state index contributed by atoms with van der Waals surface area (Å²) in [4.78, 5) is 38.8. The zero-order valence-electron chi connectivity index (χ0n) is 19.7. The second-order valence-electron chi connectivity index (χ2n) is 8.93. The number of methoxy groups -OCH3 is 1. The molecule has 1 aromatic carbocycles. The highest BCUT2D eigenvalue weighted by Crippen LogP contribution is 2.32. The third kappa shape index (κ3) is 5.24. The number of piperidine rings is 1. The van der Waals surface area contributed by atoms with Gasteiger partial charge in [-0.1, -0.05) is 24.3 Å². The van der Waals surface area contributed by atoms with Crippen molar-refractivity contribution >= 4 is 11.8 Å². The van der Waals surface area contributed by atoms with Gasteiger partial charge in [-0.3, -0.25) is 9.59 Å². The maximum absolute atomic E-state index is 13.5. The van der Waals surface area contributed by atoms with E-state index in [0.29, 0.717) is 43.3 Å². The molecule has 4 rings (SSSR count). The van der Waals surface area contributed by atoms with Crippen LogP contribution in [-0.4, -0.2) is 58.3 Å². The maximum atomic E-state index is 13.5. The normalized spacial score (nSPS) is 19.5. The van der Waals surface area contributed by atoms with Crippen LogP contribution in [0.25, 0.3) is 0 Å². The number of nitrogens with zero attached hydrogens (tertiary/aromatic N) is 4. The molecule has 1 aromatic heterocycles. The number of allylic oxidation sites excluding steroid dienone is 1. The number of hydrogen-bond donors (Lipinski definition) is 0. The van der Waals surface area contributed by atoms with E-state index in [1.807, 2.05) is 47.9 Å². The van der Waals surface area contributed by atoms with Crippen molar-refractivity contribution in [3.8, 4) is 5.75 Å². The Morgan fingerprint density at radius 1 is 1.18 bits per heavy atom. The molecule has 1 unspecified atom stereocenters. The Kier molecular flexibility index (Phi) is 7.06. The second kappa shape index (κ2) is 10.1. The summed E-state index contributed by atoms with van der Waals surface area (Å²) in [6.45, 7) is 6.17. The second-order valence-corrected chi connectivity index (χ2v) is 8.93. The van der Waals surface area contributed by atoms with Crippen molar-refractivity contribution in [3.05, 3.63) is 65.3 Å². The monoisotopic (exact) mass is 448 g/mol. The number of carbonyl (C=O) groups excluding carboxylic acids is 2. The highest BCUT2D eigenvalue weighted by molar-refractivity contribution is 5.95. The van der Waals surface area contributed by atoms with Crippen LogP contribution in [0.5, 0.6) is 5.75 Å². The van der Waals surface area contributed by atoms with Crippen molar-refractivity contribution in [1.82, 2.24) is 19.8 Å². The molecule has 3 heterocycles. The molecule has 7 heteroatoms. The summed E-state index contributed by atoms with van der Waals surface area (Å²) in [6.07, 6.45) is 8.28. The number of amides is 2. The molecule has 33 heavy (non-hydrogen) atoms. The molecular formula is C26H32N4O3. The lowest BCUT2D eigenvalue weighted by molar-refractivity contribution is -0.137. The average molecular weight is 449 g/mol. The Morgan fingerprint density at radius 2 is 1.97 bits per heavy atom. The topological polar surface area (TPSA) is 75.6 Å². The van der Waals surface area contributed by atoms with Crippen LogP contribution in [-0.2, 0) is 11.3 Å². The van der Waals surface area contributed by atoms with Crippen LogP contribution < -0.4 is 4.74 Å². The lowest BCUT2D eigenvalue weighted by atomic mass is 9.81. The lowest BCUT2D eigenvalue weighted by Crippen LogP contribution is -2.44. The Morgan fingerprint density at radius 3 is 2.70 bits per heavy atom. The summed E-state index contributed by atoms with van der Waals surface area (Å²) < 4.78 is 5.33. The fraction of sp³-hybridized carbons (Fsp3) is 0.462. The molecule has 0 spiro atoms.